The van der Waals surface area contributed by atoms with Crippen LogP contribution >= 0.6 is 0 Å². The second-order valence-corrected chi connectivity index (χ2v) is 4.87. The highest BCUT2D eigenvalue weighted by Crippen LogP contribution is 2.31. The highest BCUT2D eigenvalue weighted by atomic mass is 19.4. The molecule has 6 heteroatoms. The van der Waals surface area contributed by atoms with Crippen LogP contribution in [-0.2, 0) is 17.5 Å². The zero-order valence-electron chi connectivity index (χ0n) is 12.1. The van der Waals surface area contributed by atoms with Gasteiger partial charge in [-0.25, -0.2) is 0 Å². The van der Waals surface area contributed by atoms with Crippen LogP contribution in [-0.4, -0.2) is 31.0 Å². The Hall–Kier alpha value is -1.11. The number of hydrogen-bond acceptors (Lipinski definition) is 3. The van der Waals surface area contributed by atoms with Crippen LogP contribution in [0.1, 0.15) is 30.9 Å². The molecule has 0 aromatic heterocycles. The van der Waals surface area contributed by atoms with Gasteiger partial charge in [-0.05, 0) is 18.1 Å². The monoisotopic (exact) mass is 305 g/mol. The fraction of sp³-hybridized carbons (Fsp3) is 0.600. The van der Waals surface area contributed by atoms with Gasteiger partial charge in [-0.1, -0.05) is 31.5 Å². The Balaban J connectivity index is 2.36. The Kier molecular flexibility index (Phi) is 7.71. The van der Waals surface area contributed by atoms with E-state index in [1.54, 1.807) is 6.07 Å². The van der Waals surface area contributed by atoms with Gasteiger partial charge in [0.25, 0.3) is 0 Å². The third kappa shape index (κ3) is 6.93. The predicted molar refractivity (Wildman–Crippen MR) is 74.9 cm³/mol. The van der Waals surface area contributed by atoms with Crippen molar-refractivity contribution in [2.24, 2.45) is 0 Å². The average molecular weight is 305 g/mol. The third-order valence-corrected chi connectivity index (χ3v) is 2.97. The lowest BCUT2D eigenvalue weighted by Gasteiger charge is -2.15. The van der Waals surface area contributed by atoms with Crippen molar-refractivity contribution in [2.45, 2.75) is 38.6 Å². The van der Waals surface area contributed by atoms with Gasteiger partial charge in [0, 0.05) is 19.7 Å². The minimum Gasteiger partial charge on any atom is -0.389 e. The highest BCUT2D eigenvalue weighted by molar-refractivity contribution is 5.29. The molecule has 0 heterocycles. The fourth-order valence-electron chi connectivity index (χ4n) is 1.85. The van der Waals surface area contributed by atoms with Gasteiger partial charge in [0.15, 0.2) is 0 Å². The van der Waals surface area contributed by atoms with E-state index in [1.807, 2.05) is 6.92 Å². The molecule has 21 heavy (non-hydrogen) atoms. The van der Waals surface area contributed by atoms with Crippen LogP contribution in [0.15, 0.2) is 24.3 Å². The zero-order valence-corrected chi connectivity index (χ0v) is 12.1. The van der Waals surface area contributed by atoms with Crippen molar-refractivity contribution in [3.05, 3.63) is 35.4 Å². The summed E-state index contributed by atoms with van der Waals surface area (Å²) in [7, 11) is 0. The van der Waals surface area contributed by atoms with Gasteiger partial charge in [-0.15, -0.1) is 0 Å². The standard InChI is InChI=1S/C15H22F3NO2/c1-2-3-8-21-11-13(20)10-19-9-12-6-4-5-7-14(12)15(16,17)18/h4-7,13,19-20H,2-3,8-11H2,1H3. The Bertz CT molecular complexity index is 410. The first-order valence-corrected chi connectivity index (χ1v) is 7.06. The number of ether oxygens (including phenoxy) is 1. The van der Waals surface area contributed by atoms with E-state index in [1.165, 1.54) is 12.1 Å². The molecule has 0 saturated carbocycles. The summed E-state index contributed by atoms with van der Waals surface area (Å²) in [6.07, 6.45) is -3.14. The lowest BCUT2D eigenvalue weighted by molar-refractivity contribution is -0.138. The summed E-state index contributed by atoms with van der Waals surface area (Å²) >= 11 is 0. The Morgan fingerprint density at radius 2 is 2.00 bits per heavy atom. The number of halogens is 3. The number of aliphatic hydroxyl groups is 1. The minimum absolute atomic E-state index is 0.0572. The van der Waals surface area contributed by atoms with E-state index in [0.717, 1.165) is 18.9 Å². The zero-order chi connectivity index (χ0) is 15.7. The first kappa shape index (κ1) is 17.9. The molecule has 0 aliphatic heterocycles. The lowest BCUT2D eigenvalue weighted by Crippen LogP contribution is -2.30. The minimum atomic E-state index is -4.36. The van der Waals surface area contributed by atoms with Gasteiger partial charge in [0.2, 0.25) is 0 Å². The maximum absolute atomic E-state index is 12.8. The van der Waals surface area contributed by atoms with Crippen LogP contribution in [0.2, 0.25) is 0 Å². The second-order valence-electron chi connectivity index (χ2n) is 4.87. The van der Waals surface area contributed by atoms with Crippen molar-refractivity contribution in [3.63, 3.8) is 0 Å². The molecule has 120 valence electrons. The van der Waals surface area contributed by atoms with E-state index in [4.69, 9.17) is 4.74 Å². The molecule has 1 aromatic carbocycles. The fourth-order valence-corrected chi connectivity index (χ4v) is 1.85. The largest absolute Gasteiger partial charge is 0.416 e. The molecule has 1 unspecified atom stereocenters. The van der Waals surface area contributed by atoms with E-state index in [2.05, 4.69) is 5.32 Å². The molecule has 0 aliphatic rings. The number of benzene rings is 1. The maximum atomic E-state index is 12.8. The van der Waals surface area contributed by atoms with Crippen molar-refractivity contribution in [2.75, 3.05) is 19.8 Å². The van der Waals surface area contributed by atoms with E-state index >= 15 is 0 Å². The first-order valence-electron chi connectivity index (χ1n) is 7.06. The van der Waals surface area contributed by atoms with Crippen molar-refractivity contribution >= 4 is 0 Å². The molecule has 0 radical (unpaired) electrons. The molecule has 0 bridgehead atoms. The first-order chi connectivity index (χ1) is 9.95. The van der Waals surface area contributed by atoms with E-state index in [9.17, 15) is 18.3 Å². The SMILES string of the molecule is CCCCOCC(O)CNCc1ccccc1C(F)(F)F. The number of alkyl halides is 3. The number of hydrogen-bond donors (Lipinski definition) is 2. The normalized spacial score (nSPS) is 13.4. The van der Waals surface area contributed by atoms with Crippen molar-refractivity contribution < 1.29 is 23.0 Å². The molecule has 0 spiro atoms. The smallest absolute Gasteiger partial charge is 0.389 e. The molecule has 1 aromatic rings. The van der Waals surface area contributed by atoms with Crippen LogP contribution in [0.4, 0.5) is 13.2 Å². The van der Waals surface area contributed by atoms with Gasteiger partial charge in [-0.2, -0.15) is 13.2 Å². The summed E-state index contributed by atoms with van der Waals surface area (Å²) in [4.78, 5) is 0. The van der Waals surface area contributed by atoms with Crippen LogP contribution in [0.5, 0.6) is 0 Å². The van der Waals surface area contributed by atoms with Crippen LogP contribution in [0.25, 0.3) is 0 Å². The highest BCUT2D eigenvalue weighted by Gasteiger charge is 2.32. The van der Waals surface area contributed by atoms with Crippen LogP contribution in [0.3, 0.4) is 0 Å². The topological polar surface area (TPSA) is 41.5 Å². The van der Waals surface area contributed by atoms with E-state index in [0.29, 0.717) is 6.61 Å². The quantitative estimate of drug-likeness (QED) is 0.689. The van der Waals surface area contributed by atoms with Gasteiger partial charge >= 0.3 is 6.18 Å². The molecular weight excluding hydrogens is 283 g/mol. The Morgan fingerprint density at radius 3 is 2.67 bits per heavy atom. The molecule has 2 N–H and O–H groups in total. The summed E-state index contributed by atoms with van der Waals surface area (Å²) in [6, 6.07) is 5.42. The molecule has 0 saturated heterocycles. The molecule has 1 rings (SSSR count). The number of aliphatic hydroxyl groups excluding tert-OH is 1. The lowest BCUT2D eigenvalue weighted by atomic mass is 10.1. The van der Waals surface area contributed by atoms with Gasteiger partial charge in [0.1, 0.15) is 0 Å². The average Bonchev–Trinajstić information content (AvgIpc) is 2.43. The summed E-state index contributed by atoms with van der Waals surface area (Å²) in [5, 5.41) is 12.5. The number of nitrogens with one attached hydrogen (secondary N) is 1. The van der Waals surface area contributed by atoms with Crippen LogP contribution < -0.4 is 5.32 Å². The Labute approximate surface area is 123 Å². The molecule has 0 aliphatic carbocycles. The number of unbranched alkanes of at least 4 members (excludes halogenated alkanes) is 1. The maximum Gasteiger partial charge on any atom is 0.416 e. The Morgan fingerprint density at radius 1 is 1.29 bits per heavy atom. The summed E-state index contributed by atoms with van der Waals surface area (Å²) < 4.78 is 43.6. The molecule has 3 nitrogen and oxygen atoms in total. The summed E-state index contributed by atoms with van der Waals surface area (Å²) in [5.74, 6) is 0. The summed E-state index contributed by atoms with van der Waals surface area (Å²) in [5.41, 5.74) is -0.477. The van der Waals surface area contributed by atoms with Gasteiger partial charge in [0.05, 0.1) is 18.3 Å². The molecule has 0 amide bonds. The van der Waals surface area contributed by atoms with Crippen molar-refractivity contribution in [3.8, 4) is 0 Å². The third-order valence-electron chi connectivity index (χ3n) is 2.97. The van der Waals surface area contributed by atoms with Gasteiger partial charge in [-0.3, -0.25) is 0 Å². The van der Waals surface area contributed by atoms with Crippen LogP contribution in [0, 0.1) is 0 Å². The molecule has 1 atom stereocenters. The molecule has 0 fully saturated rings. The van der Waals surface area contributed by atoms with Crippen molar-refractivity contribution in [1.82, 2.24) is 5.32 Å². The van der Waals surface area contributed by atoms with E-state index in [-0.39, 0.29) is 25.3 Å². The summed E-state index contributed by atoms with van der Waals surface area (Å²) in [6.45, 7) is 3.07. The number of rotatable bonds is 9. The van der Waals surface area contributed by atoms with Gasteiger partial charge < -0.3 is 15.2 Å². The van der Waals surface area contributed by atoms with E-state index < -0.39 is 17.8 Å². The predicted octanol–water partition coefficient (Wildman–Crippen LogP) is 2.97. The molecular formula is C15H22F3NO2. The second kappa shape index (κ2) is 9.02. The van der Waals surface area contributed by atoms with Crippen molar-refractivity contribution in [1.29, 1.82) is 0 Å².